The smallest absolute Gasteiger partial charge is 0.482 e. The van der Waals surface area contributed by atoms with E-state index >= 15 is 0 Å². The highest BCUT2D eigenvalue weighted by atomic mass is 31.2. The summed E-state index contributed by atoms with van der Waals surface area (Å²) in [6.45, 7) is 4.56. The van der Waals surface area contributed by atoms with Crippen LogP contribution in [0, 0.1) is 11.6 Å². The van der Waals surface area contributed by atoms with E-state index in [9.17, 15) is 32.5 Å². The van der Waals surface area contributed by atoms with Crippen molar-refractivity contribution in [2.75, 3.05) is 20.4 Å². The Balaban J connectivity index is 0.00000468. The molecule has 2 amide bonds. The number of phosphoric ester groups is 1. The second-order valence-electron chi connectivity index (χ2n) is 11.6. The lowest BCUT2D eigenvalue weighted by molar-refractivity contribution is -0.0403. The van der Waals surface area contributed by atoms with Gasteiger partial charge in [-0.1, -0.05) is 11.2 Å². The number of methoxy groups -OCH3 is 1. The third kappa shape index (κ3) is 9.15. The fourth-order valence-electron chi connectivity index (χ4n) is 5.27. The van der Waals surface area contributed by atoms with E-state index < -0.39 is 91.9 Å². The Hall–Kier alpha value is -4.58. The van der Waals surface area contributed by atoms with Gasteiger partial charge in [-0.05, 0) is 39.7 Å². The molecule has 20 heteroatoms. The molecule has 2 aliphatic rings. The molecule has 1 aromatic heterocycles. The van der Waals surface area contributed by atoms with Crippen LogP contribution in [0.4, 0.5) is 13.6 Å². The molecule has 0 spiro atoms. The van der Waals surface area contributed by atoms with Gasteiger partial charge in [-0.15, -0.1) is 0 Å². The molecular formula is C30H43F2N4O13P. The molecule has 2 aliphatic heterocycles. The molecule has 2 aromatic rings. The van der Waals surface area contributed by atoms with Gasteiger partial charge in [0.2, 0.25) is 23.9 Å². The Morgan fingerprint density at radius 1 is 1.18 bits per heavy atom. The van der Waals surface area contributed by atoms with Crippen LogP contribution in [0.15, 0.2) is 34.3 Å². The van der Waals surface area contributed by atoms with Crippen molar-refractivity contribution in [3.8, 4) is 5.75 Å². The third-order valence-electron chi connectivity index (χ3n) is 8.16. The third-order valence-corrected chi connectivity index (χ3v) is 8.77. The molecule has 2 bridgehead atoms. The van der Waals surface area contributed by atoms with Gasteiger partial charge in [-0.25, -0.2) is 18.1 Å². The van der Waals surface area contributed by atoms with E-state index in [4.69, 9.17) is 33.6 Å². The lowest BCUT2D eigenvalue weighted by Gasteiger charge is -2.38. The van der Waals surface area contributed by atoms with Crippen molar-refractivity contribution < 1.29 is 70.1 Å². The van der Waals surface area contributed by atoms with Crippen LogP contribution in [0.1, 0.15) is 77.3 Å². The van der Waals surface area contributed by atoms with Crippen LogP contribution in [0.5, 0.6) is 5.75 Å². The number of halogens is 2. The number of fused-ring (bicyclic) bond motifs is 4. The zero-order valence-electron chi connectivity index (χ0n) is 27.7. The highest BCUT2D eigenvalue weighted by Gasteiger charge is 2.44. The number of nitrogens with zero attached hydrogens (tertiary/aromatic N) is 3. The van der Waals surface area contributed by atoms with Crippen LogP contribution < -0.4 is 15.5 Å². The van der Waals surface area contributed by atoms with Crippen molar-refractivity contribution in [1.29, 1.82) is 0 Å². The minimum Gasteiger partial charge on any atom is -0.482 e. The first kappa shape index (κ1) is 38.2. The van der Waals surface area contributed by atoms with Gasteiger partial charge in [0.25, 0.3) is 11.8 Å². The largest absolute Gasteiger partial charge is 0.511 e. The number of ether oxygens (including phenoxy) is 4. The molecule has 5 atom stereocenters. The number of carbonyl (C=O) groups excluding carboxylic acids is 3. The maximum Gasteiger partial charge on any atom is 0.511 e. The van der Waals surface area contributed by atoms with Crippen LogP contribution in [-0.2, 0) is 34.7 Å². The van der Waals surface area contributed by atoms with Gasteiger partial charge < -0.3 is 48.4 Å². The molecule has 1 fully saturated rings. The van der Waals surface area contributed by atoms with Gasteiger partial charge in [0.05, 0.1) is 13.2 Å². The number of amides is 2. The van der Waals surface area contributed by atoms with Crippen molar-refractivity contribution in [2.24, 2.45) is 5.16 Å². The number of hydrogen-bond donors (Lipinski definition) is 3. The van der Waals surface area contributed by atoms with Crippen LogP contribution in [0.3, 0.4) is 0 Å². The number of rotatable bonds is 12. The average molecular weight is 737 g/mol. The Kier molecular flexibility index (Phi) is 12.2. The lowest BCUT2D eigenvalue weighted by atomic mass is 10.0. The first-order chi connectivity index (χ1) is 23.5. The number of aromatic nitrogens is 1. The quantitative estimate of drug-likeness (QED) is 0.0709. The summed E-state index contributed by atoms with van der Waals surface area (Å²) in [5.41, 5.74) is -1.95. The van der Waals surface area contributed by atoms with Gasteiger partial charge in [0, 0.05) is 48.2 Å². The summed E-state index contributed by atoms with van der Waals surface area (Å²) >= 11 is 0. The molecule has 4 rings (SSSR count). The van der Waals surface area contributed by atoms with Crippen molar-refractivity contribution >= 4 is 31.7 Å². The van der Waals surface area contributed by atoms with Crippen LogP contribution >= 0.6 is 7.82 Å². The number of carbonyl (C=O) groups is 3. The highest BCUT2D eigenvalue weighted by molar-refractivity contribution is 7.46. The molecule has 0 radical (unpaired) electrons. The molecule has 1 aromatic carbocycles. The van der Waals surface area contributed by atoms with Gasteiger partial charge in [0.1, 0.15) is 35.5 Å². The van der Waals surface area contributed by atoms with Gasteiger partial charge in [0.15, 0.2) is 5.69 Å². The number of benzene rings is 1. The summed E-state index contributed by atoms with van der Waals surface area (Å²) in [4.78, 5) is 78.8. The summed E-state index contributed by atoms with van der Waals surface area (Å²) in [5, 5.41) is 6.40. The normalized spacial score (nSPS) is 20.2. The van der Waals surface area contributed by atoms with E-state index in [0.717, 1.165) is 18.3 Å². The van der Waals surface area contributed by atoms with E-state index in [-0.39, 0.29) is 34.0 Å². The standard InChI is InChI=1S/C30H37F2N4O13P.3H2/c1-15-6-9-24(48-34-18(4)44-5)23-13-35(15)29(39)25-27(45-14-46-30(40)47-16(2)17(3)49-50(41,42)43)26(37)21(12-36(23)25)28(38)33-11-19-7-8-20(31)10-22(19)32;;;/h7-8,10,12,15-17,23-24H,6,9,11,13-14H2,1-5H3,(H,33,38)(H2,41,42,43);3*1H/b34-18+;;;/t15-,16-,17-,23?,24+;;;/m0.../s1. The van der Waals surface area contributed by atoms with Crippen LogP contribution in [0.25, 0.3) is 0 Å². The van der Waals surface area contributed by atoms with E-state index in [1.54, 1.807) is 6.92 Å². The maximum absolute atomic E-state index is 14.3. The lowest BCUT2D eigenvalue weighted by Crippen LogP contribution is -2.49. The first-order valence-electron chi connectivity index (χ1n) is 15.3. The molecule has 17 nitrogen and oxygen atoms in total. The summed E-state index contributed by atoms with van der Waals surface area (Å²) in [6, 6.07) is 1.73. The molecule has 0 saturated carbocycles. The zero-order valence-corrected chi connectivity index (χ0v) is 28.6. The number of nitrogens with one attached hydrogen (secondary N) is 1. The van der Waals surface area contributed by atoms with E-state index in [1.807, 2.05) is 6.92 Å². The van der Waals surface area contributed by atoms with Crippen molar-refractivity contribution in [1.82, 2.24) is 14.8 Å². The number of hydrogen-bond acceptors (Lipinski definition) is 12. The molecule has 3 heterocycles. The Bertz CT molecular complexity index is 1770. The van der Waals surface area contributed by atoms with Gasteiger partial charge >= 0.3 is 14.0 Å². The van der Waals surface area contributed by atoms with Crippen LogP contribution in [0.2, 0.25) is 0 Å². The van der Waals surface area contributed by atoms with Crippen LogP contribution in [-0.4, -0.2) is 87.9 Å². The summed E-state index contributed by atoms with van der Waals surface area (Å²) in [6.07, 6.45) is -2.48. The predicted molar refractivity (Wildman–Crippen MR) is 173 cm³/mol. The second-order valence-corrected chi connectivity index (χ2v) is 12.8. The summed E-state index contributed by atoms with van der Waals surface area (Å²) in [5.74, 6) is -3.82. The first-order valence-corrected chi connectivity index (χ1v) is 16.8. The average Bonchev–Trinajstić information content (AvgIpc) is 3.18. The predicted octanol–water partition coefficient (Wildman–Crippen LogP) is 3.71. The number of phosphoric acid groups is 1. The van der Waals surface area contributed by atoms with Crippen molar-refractivity contribution in [3.63, 3.8) is 0 Å². The van der Waals surface area contributed by atoms with Gasteiger partial charge in [-0.2, -0.15) is 0 Å². The fraction of sp³-hybridized carbons (Fsp3) is 0.500. The topological polar surface area (TPSA) is 214 Å². The van der Waals surface area contributed by atoms with Crippen molar-refractivity contribution in [3.05, 3.63) is 63.1 Å². The van der Waals surface area contributed by atoms with Gasteiger partial charge in [-0.3, -0.25) is 18.9 Å². The molecule has 0 aliphatic carbocycles. The molecule has 1 unspecified atom stereocenters. The number of pyridine rings is 1. The number of oxime groups is 1. The molecule has 1 saturated heterocycles. The summed E-state index contributed by atoms with van der Waals surface area (Å²) < 4.78 is 65.1. The summed E-state index contributed by atoms with van der Waals surface area (Å²) in [7, 11) is -3.49. The molecule has 50 heavy (non-hydrogen) atoms. The monoisotopic (exact) mass is 736 g/mol. The minimum absolute atomic E-state index is 0. The zero-order chi connectivity index (χ0) is 36.9. The minimum atomic E-state index is -4.89. The van der Waals surface area contributed by atoms with E-state index in [1.165, 1.54) is 30.4 Å². The second kappa shape index (κ2) is 16.0. The van der Waals surface area contributed by atoms with Crippen molar-refractivity contribution in [2.45, 2.75) is 77.5 Å². The fourth-order valence-corrected chi connectivity index (χ4v) is 5.88. The highest BCUT2D eigenvalue weighted by Crippen LogP contribution is 2.39. The maximum atomic E-state index is 14.3. The Morgan fingerprint density at radius 2 is 1.90 bits per heavy atom. The molecule has 3 N–H and O–H groups in total. The Morgan fingerprint density at radius 3 is 2.56 bits per heavy atom. The van der Waals surface area contributed by atoms with E-state index in [0.29, 0.717) is 18.9 Å². The molecular weight excluding hydrogens is 693 g/mol. The Labute approximate surface area is 288 Å². The van der Waals surface area contributed by atoms with E-state index in [2.05, 4.69) is 15.0 Å². The SMILES string of the molecule is CO/C(C)=N/O[C@@H]1CC[C@H](C)N2CC1n1cc(C(=O)NCc3ccc(F)cc3F)c(=O)c(OCOC(=O)O[C@@H](C)[C@H](C)OP(=O)(O)O)c1C2=O.[HH].[HH].[HH]. The molecule has 280 valence electrons.